The SMILES string of the molecule is [C-]#[N+]C(C#N)=C1C(=C/C=C/C=C/C2=C(O)c3ccccc3C2=O)C(=O)c2ccccc21.[C-]#[N+]C(C#N)=C1C(=C/C=C/C=C/C2=C(O)c3ccccc3C2=O)C(=O)c2ccccc21.c1ccc(-c2cc(-c3ccccc3)cc(-c3ccccc3)c2)cc1. The number of aliphatic hydroxyl groups is 2. The second-order valence-corrected chi connectivity index (χ2v) is 19.5. The van der Waals surface area contributed by atoms with Crippen molar-refractivity contribution < 1.29 is 29.4 Å². The molecule has 10 heteroatoms. The molecule has 0 saturated carbocycles. The van der Waals surface area contributed by atoms with E-state index in [0.29, 0.717) is 55.7 Å². The van der Waals surface area contributed by atoms with Crippen LogP contribution in [0.2, 0.25) is 0 Å². The van der Waals surface area contributed by atoms with Crippen LogP contribution >= 0.6 is 0 Å². The Morgan fingerprint density at radius 2 is 0.628 bits per heavy atom. The number of carbonyl (C=O) groups is 4. The van der Waals surface area contributed by atoms with E-state index < -0.39 is 0 Å². The van der Waals surface area contributed by atoms with Crippen LogP contribution in [0.3, 0.4) is 0 Å². The number of Topliss-reactive ketones (excluding diaryl/α,β-unsaturated/α-hetero) is 4. The molecule has 406 valence electrons. The number of rotatable bonds is 9. The van der Waals surface area contributed by atoms with Gasteiger partial charge in [-0.15, -0.1) is 0 Å². The van der Waals surface area contributed by atoms with E-state index >= 15 is 0 Å². The van der Waals surface area contributed by atoms with Crippen LogP contribution in [-0.4, -0.2) is 33.3 Å². The Labute approximate surface area is 496 Å². The first-order valence-electron chi connectivity index (χ1n) is 27.0. The second-order valence-electron chi connectivity index (χ2n) is 19.5. The first-order valence-corrected chi connectivity index (χ1v) is 27.0. The zero-order chi connectivity index (χ0) is 60.1. The molecule has 0 atom stereocenters. The minimum Gasteiger partial charge on any atom is -0.507 e. The van der Waals surface area contributed by atoms with Gasteiger partial charge < -0.3 is 10.2 Å². The van der Waals surface area contributed by atoms with Gasteiger partial charge in [0.1, 0.15) is 11.5 Å². The van der Waals surface area contributed by atoms with E-state index in [-0.39, 0.29) is 68.3 Å². The van der Waals surface area contributed by atoms with Crippen molar-refractivity contribution in [1.82, 2.24) is 0 Å². The standard InChI is InChI=1S/2C26H14N2O3.C24H18/c2*1-28-22(15-27)23-16-9-5-6-10-17(16)24(29)20(23)13-3-2-4-14-21-25(30)18-11-7-8-12-19(18)26(21)31;1-4-10-19(11-5-1)22-16-23(20-12-6-2-7-13-20)18-24(17-22)21-14-8-3-9-15-21/h2*2-14,30H;1-18H/b2*3-2+,14-4+,20-13?,23-22?;. The molecule has 0 spiro atoms. The van der Waals surface area contributed by atoms with Gasteiger partial charge in [0.2, 0.25) is 0 Å². The average Bonchev–Trinajstić information content (AvgIpc) is 2.74. The number of fused-ring (bicyclic) bond motifs is 4. The lowest BCUT2D eigenvalue weighted by molar-refractivity contribution is 0.103. The lowest BCUT2D eigenvalue weighted by atomic mass is 9.93. The molecule has 12 rings (SSSR count). The van der Waals surface area contributed by atoms with Gasteiger partial charge in [0.05, 0.1) is 36.4 Å². The molecular weight excluding hydrogens is 1060 g/mol. The number of ketones is 4. The summed E-state index contributed by atoms with van der Waals surface area (Å²) in [6.07, 6.45) is 15.7. The van der Waals surface area contributed by atoms with E-state index in [4.69, 9.17) is 13.1 Å². The van der Waals surface area contributed by atoms with E-state index in [2.05, 4.69) is 119 Å². The highest BCUT2D eigenvalue weighted by Gasteiger charge is 2.33. The molecule has 10 nitrogen and oxygen atoms in total. The van der Waals surface area contributed by atoms with Crippen molar-refractivity contribution in [3.63, 3.8) is 0 Å². The van der Waals surface area contributed by atoms with Crippen molar-refractivity contribution in [2.75, 3.05) is 0 Å². The fourth-order valence-electron chi connectivity index (χ4n) is 10.3. The molecule has 0 radical (unpaired) electrons. The van der Waals surface area contributed by atoms with Crippen LogP contribution in [0.1, 0.15) is 63.7 Å². The molecule has 86 heavy (non-hydrogen) atoms. The number of hydrogen-bond donors (Lipinski definition) is 2. The van der Waals surface area contributed by atoms with E-state index in [1.165, 1.54) is 45.5 Å². The molecule has 0 unspecified atom stereocenters. The Kier molecular flexibility index (Phi) is 17.1. The molecule has 4 aliphatic carbocycles. The van der Waals surface area contributed by atoms with Gasteiger partial charge in [0.25, 0.3) is 11.4 Å². The highest BCUT2D eigenvalue weighted by Crippen LogP contribution is 2.41. The van der Waals surface area contributed by atoms with E-state index in [9.17, 15) is 39.9 Å². The fraction of sp³-hybridized carbons (Fsp3) is 0. The van der Waals surface area contributed by atoms with E-state index in [1.54, 1.807) is 146 Å². The zero-order valence-corrected chi connectivity index (χ0v) is 45.7. The van der Waals surface area contributed by atoms with E-state index in [1.807, 2.05) is 12.1 Å². The number of nitrogens with zero attached hydrogens (tertiary/aromatic N) is 4. The third-order valence-corrected chi connectivity index (χ3v) is 14.4. The molecule has 0 aromatic heterocycles. The van der Waals surface area contributed by atoms with Crippen molar-refractivity contribution >= 4 is 45.8 Å². The molecule has 2 N–H and O–H groups in total. The van der Waals surface area contributed by atoms with Crippen LogP contribution < -0.4 is 0 Å². The van der Waals surface area contributed by atoms with Gasteiger partial charge in [-0.05, 0) is 74.9 Å². The number of carbonyl (C=O) groups excluding carboxylic acids is 4. The largest absolute Gasteiger partial charge is 0.507 e. The molecule has 0 heterocycles. The number of allylic oxidation sites excluding steroid dienone is 18. The van der Waals surface area contributed by atoms with Crippen LogP contribution in [0.15, 0.2) is 301 Å². The maximum atomic E-state index is 12.8. The van der Waals surface area contributed by atoms with Crippen molar-refractivity contribution in [2.45, 2.75) is 0 Å². The molecule has 0 amide bonds. The third kappa shape index (κ3) is 11.5. The summed E-state index contributed by atoms with van der Waals surface area (Å²) in [6, 6.07) is 69.7. The minimum atomic E-state index is -0.252. The van der Waals surface area contributed by atoms with Crippen molar-refractivity contribution in [3.8, 4) is 45.5 Å². The fourth-order valence-corrected chi connectivity index (χ4v) is 10.3. The first-order chi connectivity index (χ1) is 42.1. The summed E-state index contributed by atoms with van der Waals surface area (Å²) in [4.78, 5) is 56.9. The summed E-state index contributed by atoms with van der Waals surface area (Å²) in [5.74, 6) is -1.14. The lowest BCUT2D eigenvalue weighted by Gasteiger charge is -2.11. The van der Waals surface area contributed by atoms with Crippen LogP contribution in [0.4, 0.5) is 0 Å². The summed E-state index contributed by atoms with van der Waals surface area (Å²) in [5, 5.41) is 39.2. The van der Waals surface area contributed by atoms with Gasteiger partial charge in [-0.25, -0.2) is 20.2 Å². The summed E-state index contributed by atoms with van der Waals surface area (Å²) < 4.78 is 0. The normalized spacial score (nSPS) is 15.9. The summed E-state index contributed by atoms with van der Waals surface area (Å²) >= 11 is 0. The highest BCUT2D eigenvalue weighted by atomic mass is 16.3. The maximum absolute atomic E-state index is 12.8. The first kappa shape index (κ1) is 56.7. The number of aliphatic hydroxyl groups excluding tert-OH is 2. The van der Waals surface area contributed by atoms with Gasteiger partial charge in [-0.3, -0.25) is 19.2 Å². The van der Waals surface area contributed by atoms with Gasteiger partial charge in [0, 0.05) is 55.7 Å². The Morgan fingerprint density at radius 1 is 0.349 bits per heavy atom. The second kappa shape index (κ2) is 25.9. The van der Waals surface area contributed by atoms with Crippen molar-refractivity contribution in [2.24, 2.45) is 0 Å². The van der Waals surface area contributed by atoms with Crippen LogP contribution in [-0.2, 0) is 0 Å². The predicted molar refractivity (Wildman–Crippen MR) is 336 cm³/mol. The van der Waals surface area contributed by atoms with Gasteiger partial charge in [0.15, 0.2) is 23.1 Å². The van der Waals surface area contributed by atoms with Crippen LogP contribution in [0, 0.1) is 35.8 Å². The molecule has 4 aliphatic rings. The quantitative estimate of drug-likeness (QED) is 0.0624. The Hall–Kier alpha value is -12.6. The predicted octanol–water partition coefficient (Wildman–Crippen LogP) is 17.2. The monoisotopic (exact) mass is 1110 g/mol. The Bertz CT molecular complexity index is 4250. The number of hydrogen-bond acceptors (Lipinski definition) is 8. The lowest BCUT2D eigenvalue weighted by Crippen LogP contribution is -1.95. The molecule has 0 saturated heterocycles. The minimum absolute atomic E-state index is 0.0639. The van der Waals surface area contributed by atoms with Crippen molar-refractivity contribution in [1.29, 1.82) is 10.5 Å². The summed E-state index contributed by atoms with van der Waals surface area (Å²) in [5.41, 5.74) is 12.7. The third-order valence-electron chi connectivity index (χ3n) is 14.4. The number of nitriles is 2. The van der Waals surface area contributed by atoms with E-state index in [0.717, 1.165) is 0 Å². The highest BCUT2D eigenvalue weighted by molar-refractivity contribution is 6.29. The Balaban J connectivity index is 0.000000144. The molecule has 8 aromatic carbocycles. The van der Waals surface area contributed by atoms with Crippen LogP contribution in [0.25, 0.3) is 65.7 Å². The van der Waals surface area contributed by atoms with Crippen molar-refractivity contribution in [3.05, 3.63) is 368 Å². The average molecular weight is 1110 g/mol. The Morgan fingerprint density at radius 3 is 0.919 bits per heavy atom. The smallest absolute Gasteiger partial charge is 0.270 e. The van der Waals surface area contributed by atoms with Gasteiger partial charge in [-0.2, -0.15) is 0 Å². The summed E-state index contributed by atoms with van der Waals surface area (Å²) in [6.45, 7) is 14.5. The molecule has 8 aromatic rings. The zero-order valence-electron chi connectivity index (χ0n) is 45.7. The van der Waals surface area contributed by atoms with Gasteiger partial charge >= 0.3 is 0 Å². The summed E-state index contributed by atoms with van der Waals surface area (Å²) in [7, 11) is 0. The van der Waals surface area contributed by atoms with Gasteiger partial charge in [-0.1, -0.05) is 237 Å². The topological polar surface area (TPSA) is 165 Å². The number of benzene rings is 8. The van der Waals surface area contributed by atoms with Crippen LogP contribution in [0.5, 0.6) is 0 Å². The molecule has 0 fully saturated rings. The maximum Gasteiger partial charge on any atom is 0.270 e. The molecule has 0 bridgehead atoms. The molecule has 0 aliphatic heterocycles. The molecular formula is C76H46N4O6.